The van der Waals surface area contributed by atoms with Gasteiger partial charge in [0, 0.05) is 12.6 Å². The van der Waals surface area contributed by atoms with Crippen LogP contribution >= 0.6 is 15.9 Å². The van der Waals surface area contributed by atoms with Gasteiger partial charge in [-0.05, 0) is 39.7 Å². The van der Waals surface area contributed by atoms with Crippen LogP contribution < -0.4 is 5.32 Å². The molecule has 2 aromatic rings. The van der Waals surface area contributed by atoms with Crippen LogP contribution in [-0.4, -0.2) is 11.1 Å². The van der Waals surface area contributed by atoms with Crippen molar-refractivity contribution in [1.29, 1.82) is 0 Å². The van der Waals surface area contributed by atoms with Crippen molar-refractivity contribution in [3.05, 3.63) is 63.6 Å². The molecule has 20 heavy (non-hydrogen) atoms. The molecule has 0 heterocycles. The third-order valence-corrected chi connectivity index (χ3v) is 3.30. The van der Waals surface area contributed by atoms with Crippen LogP contribution in [0.3, 0.4) is 0 Å². The molecule has 2 N–H and O–H groups in total. The Morgan fingerprint density at radius 2 is 1.80 bits per heavy atom. The Labute approximate surface area is 122 Å². The van der Waals surface area contributed by atoms with Crippen LogP contribution in [0.4, 0.5) is 14.5 Å². The summed E-state index contributed by atoms with van der Waals surface area (Å²) in [6.07, 6.45) is 0. The highest BCUT2D eigenvalue weighted by atomic mass is 79.9. The number of aromatic carboxylic acids is 1. The van der Waals surface area contributed by atoms with Gasteiger partial charge in [-0.2, -0.15) is 0 Å². The Morgan fingerprint density at radius 1 is 1.15 bits per heavy atom. The first-order chi connectivity index (χ1) is 9.47. The molecule has 0 aliphatic heterocycles. The minimum atomic E-state index is -1.01. The van der Waals surface area contributed by atoms with E-state index in [9.17, 15) is 13.6 Å². The SMILES string of the molecule is O=C(O)c1ccc(CNc2cc(F)c(Br)cc2F)cc1. The molecule has 2 rings (SSSR count). The number of anilines is 1. The van der Waals surface area contributed by atoms with Gasteiger partial charge in [0.1, 0.15) is 11.6 Å². The summed E-state index contributed by atoms with van der Waals surface area (Å²) in [5, 5.41) is 11.5. The fourth-order valence-electron chi connectivity index (χ4n) is 1.62. The number of hydrogen-bond donors (Lipinski definition) is 2. The lowest BCUT2D eigenvalue weighted by Crippen LogP contribution is -2.03. The predicted molar refractivity (Wildman–Crippen MR) is 74.8 cm³/mol. The van der Waals surface area contributed by atoms with E-state index < -0.39 is 17.6 Å². The molecular formula is C14H10BrF2NO2. The molecule has 0 aliphatic rings. The average Bonchev–Trinajstić information content (AvgIpc) is 2.42. The number of carboxylic acids is 1. The van der Waals surface area contributed by atoms with E-state index in [0.29, 0.717) is 0 Å². The van der Waals surface area contributed by atoms with E-state index in [1.54, 1.807) is 12.1 Å². The molecule has 0 bridgehead atoms. The minimum absolute atomic E-state index is 0.0491. The molecule has 0 spiro atoms. The van der Waals surface area contributed by atoms with E-state index in [1.807, 2.05) is 0 Å². The maximum Gasteiger partial charge on any atom is 0.335 e. The summed E-state index contributed by atoms with van der Waals surface area (Å²) in [6.45, 7) is 0.262. The van der Waals surface area contributed by atoms with Crippen molar-refractivity contribution in [2.24, 2.45) is 0 Å². The first kappa shape index (κ1) is 14.5. The maximum absolute atomic E-state index is 13.6. The van der Waals surface area contributed by atoms with Crippen molar-refractivity contribution >= 4 is 27.6 Å². The van der Waals surface area contributed by atoms with Gasteiger partial charge in [-0.3, -0.25) is 0 Å². The molecule has 0 fully saturated rings. The molecule has 0 saturated carbocycles. The maximum atomic E-state index is 13.6. The summed E-state index contributed by atoms with van der Waals surface area (Å²) < 4.78 is 26.9. The molecule has 0 atom stereocenters. The first-order valence-electron chi connectivity index (χ1n) is 5.68. The van der Waals surface area contributed by atoms with Crippen LogP contribution in [0.25, 0.3) is 0 Å². The fraction of sp³-hybridized carbons (Fsp3) is 0.0714. The summed E-state index contributed by atoms with van der Waals surface area (Å²) in [4.78, 5) is 10.7. The van der Waals surface area contributed by atoms with Gasteiger partial charge in [-0.25, -0.2) is 13.6 Å². The van der Waals surface area contributed by atoms with Crippen LogP contribution in [0, 0.1) is 11.6 Å². The molecular weight excluding hydrogens is 332 g/mol. The average molecular weight is 342 g/mol. The van der Waals surface area contributed by atoms with Gasteiger partial charge in [-0.1, -0.05) is 12.1 Å². The van der Waals surface area contributed by atoms with Crippen molar-refractivity contribution in [1.82, 2.24) is 0 Å². The third-order valence-electron chi connectivity index (χ3n) is 2.69. The first-order valence-corrected chi connectivity index (χ1v) is 6.47. The van der Waals surface area contributed by atoms with Gasteiger partial charge >= 0.3 is 5.97 Å². The highest BCUT2D eigenvalue weighted by Gasteiger charge is 2.08. The van der Waals surface area contributed by atoms with E-state index in [0.717, 1.165) is 17.7 Å². The Kier molecular flexibility index (Phi) is 4.34. The van der Waals surface area contributed by atoms with E-state index >= 15 is 0 Å². The Bertz CT molecular complexity index is 644. The largest absolute Gasteiger partial charge is 0.478 e. The Morgan fingerprint density at radius 3 is 2.40 bits per heavy atom. The molecule has 0 radical (unpaired) electrons. The molecule has 0 amide bonds. The van der Waals surface area contributed by atoms with E-state index in [-0.39, 0.29) is 22.3 Å². The number of benzene rings is 2. The van der Waals surface area contributed by atoms with Gasteiger partial charge in [0.05, 0.1) is 15.7 Å². The lowest BCUT2D eigenvalue weighted by molar-refractivity contribution is 0.0697. The number of carbonyl (C=O) groups is 1. The lowest BCUT2D eigenvalue weighted by atomic mass is 10.1. The van der Waals surface area contributed by atoms with Gasteiger partial charge in [-0.15, -0.1) is 0 Å². The van der Waals surface area contributed by atoms with Crippen LogP contribution in [0.1, 0.15) is 15.9 Å². The van der Waals surface area contributed by atoms with Crippen LogP contribution in [-0.2, 0) is 6.54 Å². The van der Waals surface area contributed by atoms with E-state index in [1.165, 1.54) is 12.1 Å². The Hall–Kier alpha value is -1.95. The molecule has 104 valence electrons. The van der Waals surface area contributed by atoms with Gasteiger partial charge < -0.3 is 10.4 Å². The Balaban J connectivity index is 2.09. The van der Waals surface area contributed by atoms with Crippen LogP contribution in [0.15, 0.2) is 40.9 Å². The van der Waals surface area contributed by atoms with Crippen LogP contribution in [0.5, 0.6) is 0 Å². The highest BCUT2D eigenvalue weighted by Crippen LogP contribution is 2.23. The number of nitrogens with one attached hydrogen (secondary N) is 1. The van der Waals surface area contributed by atoms with Crippen molar-refractivity contribution < 1.29 is 18.7 Å². The van der Waals surface area contributed by atoms with E-state index in [4.69, 9.17) is 5.11 Å². The number of hydrogen-bond acceptors (Lipinski definition) is 2. The van der Waals surface area contributed by atoms with E-state index in [2.05, 4.69) is 21.2 Å². The molecule has 6 heteroatoms. The monoisotopic (exact) mass is 341 g/mol. The molecule has 0 aliphatic carbocycles. The standard InChI is InChI=1S/C14H10BrF2NO2/c15-10-5-12(17)13(6-11(10)16)18-7-8-1-3-9(4-2-8)14(19)20/h1-6,18H,7H2,(H,19,20). The predicted octanol–water partition coefficient (Wildman–Crippen LogP) is 4.04. The van der Waals surface area contributed by atoms with Crippen molar-refractivity contribution in [3.8, 4) is 0 Å². The zero-order valence-electron chi connectivity index (χ0n) is 10.2. The third kappa shape index (κ3) is 3.33. The van der Waals surface area contributed by atoms with Gasteiger partial charge in [0.2, 0.25) is 0 Å². The normalized spacial score (nSPS) is 10.3. The molecule has 0 aromatic heterocycles. The minimum Gasteiger partial charge on any atom is -0.478 e. The van der Waals surface area contributed by atoms with Crippen molar-refractivity contribution in [2.75, 3.05) is 5.32 Å². The summed E-state index contributed by atoms with van der Waals surface area (Å²) in [5.74, 6) is -2.14. The molecule has 0 saturated heterocycles. The van der Waals surface area contributed by atoms with Crippen molar-refractivity contribution in [2.45, 2.75) is 6.54 Å². The molecule has 0 unspecified atom stereocenters. The lowest BCUT2D eigenvalue weighted by Gasteiger charge is -2.09. The number of halogens is 3. The fourth-order valence-corrected chi connectivity index (χ4v) is 1.94. The smallest absolute Gasteiger partial charge is 0.335 e. The second-order valence-corrected chi connectivity index (χ2v) is 4.96. The second-order valence-electron chi connectivity index (χ2n) is 4.10. The summed E-state index contributed by atoms with van der Waals surface area (Å²) in [6, 6.07) is 8.25. The second kappa shape index (κ2) is 6.00. The van der Waals surface area contributed by atoms with Gasteiger partial charge in [0.25, 0.3) is 0 Å². The quantitative estimate of drug-likeness (QED) is 0.825. The zero-order valence-corrected chi connectivity index (χ0v) is 11.7. The summed E-state index contributed by atoms with van der Waals surface area (Å²) in [5.41, 5.74) is 0.986. The summed E-state index contributed by atoms with van der Waals surface area (Å²) in [7, 11) is 0. The zero-order chi connectivity index (χ0) is 14.7. The molecule has 3 nitrogen and oxygen atoms in total. The number of rotatable bonds is 4. The topological polar surface area (TPSA) is 49.3 Å². The van der Waals surface area contributed by atoms with Crippen LogP contribution in [0.2, 0.25) is 0 Å². The molecule has 2 aromatic carbocycles. The van der Waals surface area contributed by atoms with Crippen molar-refractivity contribution in [3.63, 3.8) is 0 Å². The highest BCUT2D eigenvalue weighted by molar-refractivity contribution is 9.10. The van der Waals surface area contributed by atoms with Gasteiger partial charge in [0.15, 0.2) is 0 Å². The number of carboxylic acid groups (broad SMARTS) is 1. The summed E-state index contributed by atoms with van der Waals surface area (Å²) >= 11 is 2.90.